The highest BCUT2D eigenvalue weighted by Crippen LogP contribution is 2.26. The third-order valence-corrected chi connectivity index (χ3v) is 3.53. The number of rotatable bonds is 8. The summed E-state index contributed by atoms with van der Waals surface area (Å²) in [6.45, 7) is 14.8. The normalized spacial score (nSPS) is 12.8. The van der Waals surface area contributed by atoms with Crippen molar-refractivity contribution in [2.45, 2.75) is 53.5 Å². The van der Waals surface area contributed by atoms with Gasteiger partial charge in [0.15, 0.2) is 0 Å². The summed E-state index contributed by atoms with van der Waals surface area (Å²) < 4.78 is 0. The highest BCUT2D eigenvalue weighted by molar-refractivity contribution is 4.82. The smallest absolute Gasteiger partial charge is 0.00468 e. The SMILES string of the molecule is CCN(C)CC(CC)(CC)CNC(C)C. The first-order chi connectivity index (χ1) is 6.99. The molecule has 0 amide bonds. The van der Waals surface area contributed by atoms with Crippen LogP contribution >= 0.6 is 0 Å². The molecular formula is C13H30N2. The van der Waals surface area contributed by atoms with Gasteiger partial charge in [-0.1, -0.05) is 34.6 Å². The lowest BCUT2D eigenvalue weighted by Gasteiger charge is -2.36. The van der Waals surface area contributed by atoms with Crippen molar-refractivity contribution in [2.75, 3.05) is 26.7 Å². The maximum atomic E-state index is 3.59. The number of hydrogen-bond donors (Lipinski definition) is 1. The maximum Gasteiger partial charge on any atom is 0.00468 e. The Morgan fingerprint density at radius 3 is 2.00 bits per heavy atom. The summed E-state index contributed by atoms with van der Waals surface area (Å²) in [6.07, 6.45) is 2.52. The molecule has 2 nitrogen and oxygen atoms in total. The molecule has 0 aliphatic carbocycles. The van der Waals surface area contributed by atoms with Crippen LogP contribution in [0.2, 0.25) is 0 Å². The molecule has 0 bridgehead atoms. The van der Waals surface area contributed by atoms with E-state index < -0.39 is 0 Å². The first kappa shape index (κ1) is 14.9. The minimum Gasteiger partial charge on any atom is -0.314 e. The highest BCUT2D eigenvalue weighted by Gasteiger charge is 2.27. The molecule has 0 fully saturated rings. The molecule has 1 N–H and O–H groups in total. The van der Waals surface area contributed by atoms with Crippen LogP contribution in [0.1, 0.15) is 47.5 Å². The Balaban J connectivity index is 4.29. The molecule has 0 heterocycles. The molecular weight excluding hydrogens is 184 g/mol. The molecule has 0 aromatic heterocycles. The third kappa shape index (κ3) is 5.53. The van der Waals surface area contributed by atoms with Crippen LogP contribution in [0.15, 0.2) is 0 Å². The van der Waals surface area contributed by atoms with E-state index in [0.29, 0.717) is 11.5 Å². The van der Waals surface area contributed by atoms with E-state index >= 15 is 0 Å². The Hall–Kier alpha value is -0.0800. The number of nitrogens with zero attached hydrogens (tertiary/aromatic N) is 1. The zero-order valence-corrected chi connectivity index (χ0v) is 11.6. The summed E-state index contributed by atoms with van der Waals surface area (Å²) in [6, 6.07) is 0.592. The van der Waals surface area contributed by atoms with Crippen LogP contribution in [0.3, 0.4) is 0 Å². The molecule has 0 unspecified atom stereocenters. The average Bonchev–Trinajstić information content (AvgIpc) is 2.24. The first-order valence-corrected chi connectivity index (χ1v) is 6.41. The van der Waals surface area contributed by atoms with Crippen molar-refractivity contribution >= 4 is 0 Å². The molecule has 2 heteroatoms. The van der Waals surface area contributed by atoms with Crippen molar-refractivity contribution in [3.63, 3.8) is 0 Å². The first-order valence-electron chi connectivity index (χ1n) is 6.41. The Kier molecular flexibility index (Phi) is 7.20. The van der Waals surface area contributed by atoms with Crippen molar-refractivity contribution in [2.24, 2.45) is 5.41 Å². The Morgan fingerprint density at radius 2 is 1.67 bits per heavy atom. The topological polar surface area (TPSA) is 15.3 Å². The Morgan fingerprint density at radius 1 is 1.13 bits per heavy atom. The second-order valence-corrected chi connectivity index (χ2v) is 5.07. The van der Waals surface area contributed by atoms with Gasteiger partial charge in [0.2, 0.25) is 0 Å². The van der Waals surface area contributed by atoms with E-state index in [2.05, 4.69) is 51.9 Å². The molecule has 0 aromatic rings. The van der Waals surface area contributed by atoms with Crippen molar-refractivity contribution in [1.29, 1.82) is 0 Å². The van der Waals surface area contributed by atoms with Gasteiger partial charge in [0.25, 0.3) is 0 Å². The number of hydrogen-bond acceptors (Lipinski definition) is 2. The van der Waals surface area contributed by atoms with Crippen molar-refractivity contribution in [3.8, 4) is 0 Å². The predicted octanol–water partition coefficient (Wildman–Crippen LogP) is 2.74. The lowest BCUT2D eigenvalue weighted by Crippen LogP contribution is -2.44. The van der Waals surface area contributed by atoms with Gasteiger partial charge in [-0.15, -0.1) is 0 Å². The van der Waals surface area contributed by atoms with E-state index in [1.54, 1.807) is 0 Å². The summed E-state index contributed by atoms with van der Waals surface area (Å²) in [5.41, 5.74) is 0.453. The summed E-state index contributed by atoms with van der Waals surface area (Å²) in [5.74, 6) is 0. The molecule has 0 rings (SSSR count). The lowest BCUT2D eigenvalue weighted by atomic mass is 9.81. The van der Waals surface area contributed by atoms with E-state index in [0.717, 1.165) is 13.1 Å². The summed E-state index contributed by atoms with van der Waals surface area (Å²) in [7, 11) is 2.22. The average molecular weight is 214 g/mol. The Labute approximate surface area is 96.4 Å². The third-order valence-electron chi connectivity index (χ3n) is 3.53. The van der Waals surface area contributed by atoms with E-state index in [1.807, 2.05) is 0 Å². The van der Waals surface area contributed by atoms with E-state index in [1.165, 1.54) is 19.4 Å². The second kappa shape index (κ2) is 7.24. The maximum absolute atomic E-state index is 3.59. The van der Waals surface area contributed by atoms with Crippen LogP contribution in [0, 0.1) is 5.41 Å². The molecule has 92 valence electrons. The van der Waals surface area contributed by atoms with Crippen LogP contribution in [0.4, 0.5) is 0 Å². The van der Waals surface area contributed by atoms with E-state index in [9.17, 15) is 0 Å². The molecule has 0 aliphatic rings. The van der Waals surface area contributed by atoms with E-state index in [-0.39, 0.29) is 0 Å². The fourth-order valence-electron chi connectivity index (χ4n) is 1.88. The highest BCUT2D eigenvalue weighted by atomic mass is 15.1. The van der Waals surface area contributed by atoms with Crippen molar-refractivity contribution in [3.05, 3.63) is 0 Å². The van der Waals surface area contributed by atoms with Crippen molar-refractivity contribution in [1.82, 2.24) is 10.2 Å². The van der Waals surface area contributed by atoms with Gasteiger partial charge in [-0.2, -0.15) is 0 Å². The molecule has 0 spiro atoms. The van der Waals surface area contributed by atoms with Gasteiger partial charge in [-0.25, -0.2) is 0 Å². The van der Waals surface area contributed by atoms with Gasteiger partial charge in [0, 0.05) is 19.1 Å². The van der Waals surface area contributed by atoms with Gasteiger partial charge in [0.05, 0.1) is 0 Å². The van der Waals surface area contributed by atoms with E-state index in [4.69, 9.17) is 0 Å². The molecule has 0 aromatic carbocycles. The summed E-state index contributed by atoms with van der Waals surface area (Å²) >= 11 is 0. The minimum absolute atomic E-state index is 0.453. The van der Waals surface area contributed by atoms with Gasteiger partial charge < -0.3 is 10.2 Å². The fraction of sp³-hybridized carbons (Fsp3) is 1.00. The largest absolute Gasteiger partial charge is 0.314 e. The van der Waals surface area contributed by atoms with Crippen LogP contribution in [-0.2, 0) is 0 Å². The standard InChI is InChI=1S/C13H30N2/c1-7-13(8-2,10-14-12(4)5)11-15(6)9-3/h12,14H,7-11H2,1-6H3. The van der Waals surface area contributed by atoms with Gasteiger partial charge in [-0.3, -0.25) is 0 Å². The fourth-order valence-corrected chi connectivity index (χ4v) is 1.88. The summed E-state index contributed by atoms with van der Waals surface area (Å²) in [4.78, 5) is 2.43. The van der Waals surface area contributed by atoms with Gasteiger partial charge in [0.1, 0.15) is 0 Å². The molecule has 0 aliphatic heterocycles. The van der Waals surface area contributed by atoms with Crippen LogP contribution < -0.4 is 5.32 Å². The zero-order chi connectivity index (χ0) is 11.9. The monoisotopic (exact) mass is 214 g/mol. The quantitative estimate of drug-likeness (QED) is 0.668. The van der Waals surface area contributed by atoms with Gasteiger partial charge in [-0.05, 0) is 31.8 Å². The van der Waals surface area contributed by atoms with Crippen LogP contribution in [0.5, 0.6) is 0 Å². The van der Waals surface area contributed by atoms with Gasteiger partial charge >= 0.3 is 0 Å². The predicted molar refractivity (Wildman–Crippen MR) is 69.3 cm³/mol. The van der Waals surface area contributed by atoms with Crippen LogP contribution in [0.25, 0.3) is 0 Å². The van der Waals surface area contributed by atoms with Crippen LogP contribution in [-0.4, -0.2) is 37.6 Å². The Bertz CT molecular complexity index is 151. The van der Waals surface area contributed by atoms with Crippen molar-refractivity contribution < 1.29 is 0 Å². The molecule has 0 atom stereocenters. The molecule has 0 radical (unpaired) electrons. The zero-order valence-electron chi connectivity index (χ0n) is 11.6. The minimum atomic E-state index is 0.453. The number of nitrogens with one attached hydrogen (secondary N) is 1. The lowest BCUT2D eigenvalue weighted by molar-refractivity contribution is 0.156. The molecule has 15 heavy (non-hydrogen) atoms. The summed E-state index contributed by atoms with van der Waals surface area (Å²) in [5, 5.41) is 3.59. The molecule has 0 saturated carbocycles. The second-order valence-electron chi connectivity index (χ2n) is 5.07. The molecule has 0 saturated heterocycles.